The molecule has 0 bridgehead atoms. The monoisotopic (exact) mass is 260 g/mol. The molecule has 5 nitrogen and oxygen atoms in total. The summed E-state index contributed by atoms with van der Waals surface area (Å²) >= 11 is 0. The van der Waals surface area contributed by atoms with Crippen LogP contribution in [0, 0.1) is 5.92 Å². The number of aromatic nitrogens is 3. The van der Waals surface area contributed by atoms with Crippen LogP contribution in [-0.4, -0.2) is 32.2 Å². The molecule has 3 N–H and O–H groups in total. The summed E-state index contributed by atoms with van der Waals surface area (Å²) in [5, 5.41) is 14.8. The molecule has 2 aromatic rings. The first kappa shape index (κ1) is 12.4. The van der Waals surface area contributed by atoms with Crippen LogP contribution in [0.4, 0.5) is 5.82 Å². The Bertz CT molecular complexity index is 557. The van der Waals surface area contributed by atoms with E-state index in [0.717, 1.165) is 48.5 Å². The standard InChI is InChI=1S/C14H20N4O/c1-10-2-5-14(19,6-3-10)8-16-13-11-4-7-15-12(11)17-9-18-13/h4,7,9-10,19H,2-3,5-6,8H2,1H3,(H2,15,16,17,18). The molecule has 2 aromatic heterocycles. The van der Waals surface area contributed by atoms with Crippen LogP contribution in [-0.2, 0) is 0 Å². The normalized spacial score (nSPS) is 27.6. The van der Waals surface area contributed by atoms with Crippen molar-refractivity contribution in [2.24, 2.45) is 5.92 Å². The maximum Gasteiger partial charge on any atom is 0.142 e. The van der Waals surface area contributed by atoms with Gasteiger partial charge in [0.15, 0.2) is 0 Å². The summed E-state index contributed by atoms with van der Waals surface area (Å²) in [4.78, 5) is 11.5. The molecule has 0 saturated heterocycles. The highest BCUT2D eigenvalue weighted by molar-refractivity contribution is 5.86. The lowest BCUT2D eigenvalue weighted by atomic mass is 9.79. The smallest absolute Gasteiger partial charge is 0.142 e. The Morgan fingerprint density at radius 2 is 2.21 bits per heavy atom. The van der Waals surface area contributed by atoms with E-state index in [1.165, 1.54) is 6.33 Å². The number of anilines is 1. The van der Waals surface area contributed by atoms with E-state index in [1.807, 2.05) is 12.3 Å². The molecule has 0 spiro atoms. The van der Waals surface area contributed by atoms with Crippen LogP contribution in [0.2, 0.25) is 0 Å². The molecule has 0 aromatic carbocycles. The number of nitrogens with zero attached hydrogens (tertiary/aromatic N) is 2. The summed E-state index contributed by atoms with van der Waals surface area (Å²) < 4.78 is 0. The van der Waals surface area contributed by atoms with Crippen LogP contribution >= 0.6 is 0 Å². The van der Waals surface area contributed by atoms with Crippen LogP contribution in [0.1, 0.15) is 32.6 Å². The molecule has 5 heteroatoms. The van der Waals surface area contributed by atoms with E-state index < -0.39 is 5.60 Å². The van der Waals surface area contributed by atoms with Gasteiger partial charge in [0.05, 0.1) is 11.0 Å². The molecule has 1 aliphatic rings. The maximum absolute atomic E-state index is 10.6. The SMILES string of the molecule is CC1CCC(O)(CNc2ncnc3[nH]ccc23)CC1. The van der Waals surface area contributed by atoms with Crippen LogP contribution in [0.5, 0.6) is 0 Å². The summed E-state index contributed by atoms with van der Waals surface area (Å²) in [6.07, 6.45) is 7.31. The van der Waals surface area contributed by atoms with Crippen molar-refractivity contribution in [3.05, 3.63) is 18.6 Å². The number of H-pyrrole nitrogens is 1. The molecule has 0 aliphatic heterocycles. The summed E-state index contributed by atoms with van der Waals surface area (Å²) in [7, 11) is 0. The van der Waals surface area contributed by atoms with Crippen LogP contribution in [0.25, 0.3) is 11.0 Å². The van der Waals surface area contributed by atoms with E-state index in [9.17, 15) is 5.11 Å². The van der Waals surface area contributed by atoms with E-state index in [-0.39, 0.29) is 0 Å². The molecule has 0 radical (unpaired) electrons. The number of rotatable bonds is 3. The van der Waals surface area contributed by atoms with Gasteiger partial charge in [-0.1, -0.05) is 6.92 Å². The molecular weight excluding hydrogens is 240 g/mol. The Morgan fingerprint density at radius 1 is 1.42 bits per heavy atom. The second-order valence-corrected chi connectivity index (χ2v) is 5.72. The number of nitrogens with one attached hydrogen (secondary N) is 2. The highest BCUT2D eigenvalue weighted by atomic mass is 16.3. The van der Waals surface area contributed by atoms with Gasteiger partial charge in [0.25, 0.3) is 0 Å². The molecule has 2 heterocycles. The summed E-state index contributed by atoms with van der Waals surface area (Å²) in [5.74, 6) is 1.52. The van der Waals surface area contributed by atoms with Gasteiger partial charge in [0, 0.05) is 12.7 Å². The molecule has 1 saturated carbocycles. The predicted octanol–water partition coefficient (Wildman–Crippen LogP) is 2.31. The molecule has 0 unspecified atom stereocenters. The van der Waals surface area contributed by atoms with Gasteiger partial charge in [-0.25, -0.2) is 9.97 Å². The highest BCUT2D eigenvalue weighted by Gasteiger charge is 2.31. The van der Waals surface area contributed by atoms with Gasteiger partial charge in [-0.15, -0.1) is 0 Å². The van der Waals surface area contributed by atoms with Gasteiger partial charge < -0.3 is 15.4 Å². The minimum Gasteiger partial charge on any atom is -0.388 e. The lowest BCUT2D eigenvalue weighted by Gasteiger charge is -2.35. The van der Waals surface area contributed by atoms with Gasteiger partial charge in [-0.05, 0) is 37.7 Å². The minimum absolute atomic E-state index is 0.553. The Morgan fingerprint density at radius 3 is 3.00 bits per heavy atom. The van der Waals surface area contributed by atoms with E-state index in [4.69, 9.17) is 0 Å². The first-order valence-electron chi connectivity index (χ1n) is 6.91. The van der Waals surface area contributed by atoms with E-state index in [2.05, 4.69) is 27.2 Å². The van der Waals surface area contributed by atoms with Crippen LogP contribution in [0.3, 0.4) is 0 Å². The van der Waals surface area contributed by atoms with Crippen molar-refractivity contribution >= 4 is 16.9 Å². The highest BCUT2D eigenvalue weighted by Crippen LogP contribution is 2.32. The molecule has 1 fully saturated rings. The zero-order valence-electron chi connectivity index (χ0n) is 11.2. The average molecular weight is 260 g/mol. The summed E-state index contributed by atoms with van der Waals surface area (Å²) in [6.45, 7) is 2.80. The fraction of sp³-hybridized carbons (Fsp3) is 0.571. The minimum atomic E-state index is -0.597. The molecule has 0 atom stereocenters. The van der Waals surface area contributed by atoms with Crippen molar-refractivity contribution in [3.63, 3.8) is 0 Å². The molecule has 19 heavy (non-hydrogen) atoms. The first-order valence-corrected chi connectivity index (χ1v) is 6.91. The third-order valence-corrected chi connectivity index (χ3v) is 4.14. The van der Waals surface area contributed by atoms with Crippen molar-refractivity contribution < 1.29 is 5.11 Å². The summed E-state index contributed by atoms with van der Waals surface area (Å²) in [6, 6.07) is 1.95. The van der Waals surface area contributed by atoms with Crippen LogP contribution < -0.4 is 5.32 Å². The number of hydrogen-bond acceptors (Lipinski definition) is 4. The number of hydrogen-bond donors (Lipinski definition) is 3. The van der Waals surface area contributed by atoms with E-state index >= 15 is 0 Å². The molecule has 3 rings (SSSR count). The zero-order chi connectivity index (χ0) is 13.3. The number of fused-ring (bicyclic) bond motifs is 1. The Balaban J connectivity index is 1.70. The van der Waals surface area contributed by atoms with Gasteiger partial charge in [0.1, 0.15) is 17.8 Å². The quantitative estimate of drug-likeness (QED) is 0.791. The Labute approximate surface area is 112 Å². The number of aromatic amines is 1. The van der Waals surface area contributed by atoms with Crippen molar-refractivity contribution in [1.29, 1.82) is 0 Å². The van der Waals surface area contributed by atoms with Gasteiger partial charge in [-0.2, -0.15) is 0 Å². The van der Waals surface area contributed by atoms with Gasteiger partial charge >= 0.3 is 0 Å². The zero-order valence-corrected chi connectivity index (χ0v) is 11.2. The van der Waals surface area contributed by atoms with E-state index in [1.54, 1.807) is 0 Å². The number of aliphatic hydroxyl groups is 1. The molecule has 102 valence electrons. The van der Waals surface area contributed by atoms with Crippen LogP contribution in [0.15, 0.2) is 18.6 Å². The van der Waals surface area contributed by atoms with Gasteiger partial charge in [-0.3, -0.25) is 0 Å². The van der Waals surface area contributed by atoms with Crippen molar-refractivity contribution in [2.45, 2.75) is 38.2 Å². The second-order valence-electron chi connectivity index (χ2n) is 5.72. The van der Waals surface area contributed by atoms with E-state index in [0.29, 0.717) is 6.54 Å². The first-order chi connectivity index (χ1) is 9.16. The largest absolute Gasteiger partial charge is 0.388 e. The topological polar surface area (TPSA) is 73.8 Å². The second kappa shape index (κ2) is 4.81. The Kier molecular flexibility index (Phi) is 3.14. The van der Waals surface area contributed by atoms with Crippen molar-refractivity contribution in [3.8, 4) is 0 Å². The molecule has 1 aliphatic carbocycles. The fourth-order valence-corrected chi connectivity index (χ4v) is 2.74. The third kappa shape index (κ3) is 2.56. The maximum atomic E-state index is 10.6. The average Bonchev–Trinajstić information content (AvgIpc) is 2.89. The Hall–Kier alpha value is -1.62. The van der Waals surface area contributed by atoms with Gasteiger partial charge in [0.2, 0.25) is 0 Å². The lowest BCUT2D eigenvalue weighted by Crippen LogP contribution is -2.40. The summed E-state index contributed by atoms with van der Waals surface area (Å²) in [5.41, 5.74) is 0.224. The van der Waals surface area contributed by atoms with Crippen molar-refractivity contribution in [2.75, 3.05) is 11.9 Å². The predicted molar refractivity (Wildman–Crippen MR) is 75.0 cm³/mol. The molecule has 0 amide bonds. The fourth-order valence-electron chi connectivity index (χ4n) is 2.74. The lowest BCUT2D eigenvalue weighted by molar-refractivity contribution is 0.00497. The molecular formula is C14H20N4O. The van der Waals surface area contributed by atoms with Crippen molar-refractivity contribution in [1.82, 2.24) is 15.0 Å². The third-order valence-electron chi connectivity index (χ3n) is 4.14.